The van der Waals surface area contributed by atoms with Crippen molar-refractivity contribution in [2.75, 3.05) is 0 Å². The maximum Gasteiger partial charge on any atom is 0.102 e. The van der Waals surface area contributed by atoms with Crippen LogP contribution in [0.4, 0.5) is 0 Å². The van der Waals surface area contributed by atoms with E-state index in [1.165, 1.54) is 154 Å². The summed E-state index contributed by atoms with van der Waals surface area (Å²) in [5, 5.41) is 9.01. The normalized spacial score (nSPS) is 12.5. The minimum absolute atomic E-state index is 0.602. The molecule has 0 spiro atoms. The molecule has 0 aromatic heterocycles. The molecular weight excluding hydrogens is 366 g/mol. The van der Waals surface area contributed by atoms with Gasteiger partial charge in [-0.25, -0.2) is 0 Å². The quantitative estimate of drug-likeness (QED) is 0.107. The Labute approximate surface area is 191 Å². The van der Waals surface area contributed by atoms with Crippen molar-refractivity contribution in [3.8, 4) is 0 Å². The lowest BCUT2D eigenvalue weighted by Gasteiger charge is -2.05. The molecule has 0 aliphatic rings. The van der Waals surface area contributed by atoms with Crippen LogP contribution in [0.1, 0.15) is 174 Å². The molecule has 0 aromatic carbocycles. The fourth-order valence-corrected chi connectivity index (χ4v) is 4.49. The van der Waals surface area contributed by atoms with Gasteiger partial charge in [-0.05, 0) is 12.8 Å². The Bertz CT molecular complexity index is 292. The molecule has 0 saturated carbocycles. The third-order valence-corrected chi connectivity index (χ3v) is 6.60. The molecule has 1 atom stereocenters. The summed E-state index contributed by atoms with van der Waals surface area (Å²) in [7, 11) is 0. The van der Waals surface area contributed by atoms with Crippen molar-refractivity contribution < 1.29 is 5.11 Å². The lowest BCUT2D eigenvalue weighted by molar-refractivity contribution is 0.168. The van der Waals surface area contributed by atoms with Crippen molar-refractivity contribution in [3.63, 3.8) is 0 Å². The number of aliphatic hydroxyl groups excluding tert-OH is 1. The van der Waals surface area contributed by atoms with Crippen molar-refractivity contribution in [1.82, 2.24) is 0 Å². The monoisotopic (exact) mass is 425 g/mol. The highest BCUT2D eigenvalue weighted by molar-refractivity contribution is 4.52. The Morgan fingerprint density at radius 1 is 0.400 bits per heavy atom. The maximum absolute atomic E-state index is 9.01. The van der Waals surface area contributed by atoms with Gasteiger partial charge in [0.1, 0.15) is 6.23 Å². The van der Waals surface area contributed by atoms with Crippen molar-refractivity contribution >= 4 is 0 Å². The number of hydrogen-bond acceptors (Lipinski definition) is 2. The maximum atomic E-state index is 9.01. The van der Waals surface area contributed by atoms with Crippen molar-refractivity contribution in [2.24, 2.45) is 5.73 Å². The Morgan fingerprint density at radius 2 is 0.600 bits per heavy atom. The molecule has 0 bridgehead atoms. The summed E-state index contributed by atoms with van der Waals surface area (Å²) in [5.74, 6) is 0. The molecule has 0 aromatic rings. The molecule has 2 heteroatoms. The number of rotatable bonds is 26. The summed E-state index contributed by atoms with van der Waals surface area (Å²) in [6.45, 7) is 2.30. The van der Waals surface area contributed by atoms with E-state index in [0.29, 0.717) is 0 Å². The second-order valence-corrected chi connectivity index (χ2v) is 9.84. The molecule has 0 rings (SSSR count). The van der Waals surface area contributed by atoms with Crippen molar-refractivity contribution in [1.29, 1.82) is 0 Å². The molecule has 0 saturated heterocycles. The van der Waals surface area contributed by atoms with Gasteiger partial charge in [-0.15, -0.1) is 0 Å². The molecular formula is C28H59NO. The smallest absolute Gasteiger partial charge is 0.102 e. The van der Waals surface area contributed by atoms with Crippen LogP contribution in [0.15, 0.2) is 0 Å². The zero-order chi connectivity index (χ0) is 22.0. The van der Waals surface area contributed by atoms with E-state index in [1.807, 2.05) is 0 Å². The molecule has 0 heterocycles. The van der Waals surface area contributed by atoms with Gasteiger partial charge in [-0.2, -0.15) is 0 Å². The van der Waals surface area contributed by atoms with E-state index in [0.717, 1.165) is 12.8 Å². The van der Waals surface area contributed by atoms with Crippen molar-refractivity contribution in [3.05, 3.63) is 0 Å². The van der Waals surface area contributed by atoms with Gasteiger partial charge in [-0.1, -0.05) is 161 Å². The second kappa shape index (κ2) is 27.0. The van der Waals surface area contributed by atoms with Crippen molar-refractivity contribution in [2.45, 2.75) is 180 Å². The van der Waals surface area contributed by atoms with Crippen LogP contribution in [-0.4, -0.2) is 11.3 Å². The SMILES string of the molecule is CCCCCCCCCCCCCCCCCCCCCCCCCCCC(N)O. The average Bonchev–Trinajstić information content (AvgIpc) is 2.73. The van der Waals surface area contributed by atoms with Crippen LogP contribution in [0.3, 0.4) is 0 Å². The summed E-state index contributed by atoms with van der Waals surface area (Å²) in [6.07, 6.45) is 35.7. The fourth-order valence-electron chi connectivity index (χ4n) is 4.49. The summed E-state index contributed by atoms with van der Waals surface area (Å²) < 4.78 is 0. The Hall–Kier alpha value is -0.0800. The van der Waals surface area contributed by atoms with Crippen LogP contribution >= 0.6 is 0 Å². The highest BCUT2D eigenvalue weighted by Crippen LogP contribution is 2.15. The van der Waals surface area contributed by atoms with Gasteiger partial charge in [-0.3, -0.25) is 0 Å². The van der Waals surface area contributed by atoms with E-state index in [4.69, 9.17) is 10.8 Å². The minimum Gasteiger partial charge on any atom is -0.379 e. The van der Waals surface area contributed by atoms with Gasteiger partial charge in [0.25, 0.3) is 0 Å². The summed E-state index contributed by atoms with van der Waals surface area (Å²) in [5.41, 5.74) is 5.35. The molecule has 1 unspecified atom stereocenters. The van der Waals surface area contributed by atoms with E-state index >= 15 is 0 Å². The van der Waals surface area contributed by atoms with Crippen LogP contribution in [0.2, 0.25) is 0 Å². The molecule has 3 N–H and O–H groups in total. The third-order valence-electron chi connectivity index (χ3n) is 6.60. The lowest BCUT2D eigenvalue weighted by atomic mass is 10.0. The molecule has 0 radical (unpaired) electrons. The van der Waals surface area contributed by atoms with Crippen LogP contribution in [0, 0.1) is 0 Å². The molecule has 0 fully saturated rings. The fraction of sp³-hybridized carbons (Fsp3) is 1.00. The van der Waals surface area contributed by atoms with Crippen LogP contribution in [0.25, 0.3) is 0 Å². The van der Waals surface area contributed by atoms with Gasteiger partial charge in [0.15, 0.2) is 0 Å². The third kappa shape index (κ3) is 27.9. The lowest BCUT2D eigenvalue weighted by Crippen LogP contribution is -2.17. The Kier molecular flexibility index (Phi) is 26.9. The van der Waals surface area contributed by atoms with Gasteiger partial charge in [0.05, 0.1) is 0 Å². The first-order chi connectivity index (χ1) is 14.8. The Balaban J connectivity index is 2.99. The number of unbranched alkanes of at least 4 members (excludes halogenated alkanes) is 24. The molecule has 30 heavy (non-hydrogen) atoms. The Morgan fingerprint density at radius 3 is 0.800 bits per heavy atom. The molecule has 0 aliphatic carbocycles. The second-order valence-electron chi connectivity index (χ2n) is 9.84. The van der Waals surface area contributed by atoms with Crippen LogP contribution in [-0.2, 0) is 0 Å². The minimum atomic E-state index is -0.602. The van der Waals surface area contributed by atoms with E-state index in [2.05, 4.69) is 6.92 Å². The molecule has 182 valence electrons. The van der Waals surface area contributed by atoms with Crippen LogP contribution in [0.5, 0.6) is 0 Å². The van der Waals surface area contributed by atoms with E-state index in [9.17, 15) is 0 Å². The van der Waals surface area contributed by atoms with Gasteiger partial charge in [0, 0.05) is 0 Å². The van der Waals surface area contributed by atoms with Gasteiger partial charge in [0.2, 0.25) is 0 Å². The first-order valence-corrected chi connectivity index (χ1v) is 14.2. The van der Waals surface area contributed by atoms with E-state index < -0.39 is 6.23 Å². The predicted molar refractivity (Wildman–Crippen MR) is 136 cm³/mol. The first kappa shape index (κ1) is 29.9. The number of nitrogens with two attached hydrogens (primary N) is 1. The molecule has 2 nitrogen and oxygen atoms in total. The molecule has 0 amide bonds. The number of aliphatic hydroxyl groups is 1. The summed E-state index contributed by atoms with van der Waals surface area (Å²) >= 11 is 0. The number of hydrogen-bond donors (Lipinski definition) is 2. The van der Waals surface area contributed by atoms with Gasteiger partial charge < -0.3 is 10.8 Å². The zero-order valence-electron chi connectivity index (χ0n) is 21.0. The highest BCUT2D eigenvalue weighted by atomic mass is 16.3. The largest absolute Gasteiger partial charge is 0.379 e. The van der Waals surface area contributed by atoms with E-state index in [-0.39, 0.29) is 0 Å². The first-order valence-electron chi connectivity index (χ1n) is 14.2. The average molecular weight is 426 g/mol. The van der Waals surface area contributed by atoms with Crippen LogP contribution < -0.4 is 5.73 Å². The summed E-state index contributed by atoms with van der Waals surface area (Å²) in [4.78, 5) is 0. The standard InChI is InChI=1S/C28H59NO/c1-2-3-4-5-6-7-8-9-10-11-12-13-14-15-16-17-18-19-20-21-22-23-24-25-26-27-28(29)30/h28,30H,2-27,29H2,1H3. The zero-order valence-corrected chi connectivity index (χ0v) is 21.0. The topological polar surface area (TPSA) is 46.2 Å². The van der Waals surface area contributed by atoms with E-state index in [1.54, 1.807) is 0 Å². The van der Waals surface area contributed by atoms with Gasteiger partial charge >= 0.3 is 0 Å². The molecule has 0 aliphatic heterocycles. The summed E-state index contributed by atoms with van der Waals surface area (Å²) in [6, 6.07) is 0. The predicted octanol–water partition coefficient (Wildman–Crippen LogP) is 9.43. The highest BCUT2D eigenvalue weighted by Gasteiger charge is 1.97.